The molecule has 0 radical (unpaired) electrons. The molecule has 0 bridgehead atoms. The highest BCUT2D eigenvalue weighted by atomic mass is 35.5. The average Bonchev–Trinajstić information content (AvgIpc) is 2.60. The summed E-state index contributed by atoms with van der Waals surface area (Å²) < 4.78 is 1.23. The van der Waals surface area contributed by atoms with E-state index in [9.17, 15) is 4.79 Å². The molecule has 3 N–H and O–H groups in total. The van der Waals surface area contributed by atoms with Crippen LogP contribution in [0.2, 0.25) is 0 Å². The number of amides is 1. The Kier molecular flexibility index (Phi) is 6.70. The molecule has 0 saturated carbocycles. The van der Waals surface area contributed by atoms with E-state index < -0.39 is 0 Å². The SMILES string of the molecule is CCSC(C(=O)N(Cl)Cc1ccc(C(=N)N)cc1)c1ccccc1. The third kappa shape index (κ3) is 4.76. The largest absolute Gasteiger partial charge is 0.384 e. The van der Waals surface area contributed by atoms with Gasteiger partial charge in [-0.2, -0.15) is 0 Å². The molecule has 0 aliphatic rings. The van der Waals surface area contributed by atoms with Gasteiger partial charge in [-0.05, 0) is 16.9 Å². The van der Waals surface area contributed by atoms with Crippen LogP contribution >= 0.6 is 23.5 Å². The van der Waals surface area contributed by atoms with E-state index in [1.165, 1.54) is 4.42 Å². The van der Waals surface area contributed by atoms with Crippen LogP contribution in [0.4, 0.5) is 0 Å². The van der Waals surface area contributed by atoms with Gasteiger partial charge < -0.3 is 5.73 Å². The van der Waals surface area contributed by atoms with Gasteiger partial charge in [0.15, 0.2) is 0 Å². The molecule has 2 rings (SSSR count). The molecule has 6 heteroatoms. The third-order valence-electron chi connectivity index (χ3n) is 3.49. The first-order valence-electron chi connectivity index (χ1n) is 7.60. The van der Waals surface area contributed by atoms with Crippen LogP contribution < -0.4 is 5.73 Å². The summed E-state index contributed by atoms with van der Waals surface area (Å²) in [5.41, 5.74) is 7.93. The fourth-order valence-electron chi connectivity index (χ4n) is 2.26. The van der Waals surface area contributed by atoms with Gasteiger partial charge in [0, 0.05) is 17.3 Å². The van der Waals surface area contributed by atoms with Gasteiger partial charge in [-0.25, -0.2) is 4.42 Å². The Morgan fingerprint density at radius 3 is 2.38 bits per heavy atom. The lowest BCUT2D eigenvalue weighted by Gasteiger charge is -2.21. The molecule has 1 unspecified atom stereocenters. The summed E-state index contributed by atoms with van der Waals surface area (Å²) in [6.45, 7) is 2.32. The van der Waals surface area contributed by atoms with E-state index in [0.29, 0.717) is 12.1 Å². The van der Waals surface area contributed by atoms with Crippen LogP contribution in [0.5, 0.6) is 0 Å². The number of amidine groups is 1. The molecule has 0 saturated heterocycles. The number of thioether (sulfide) groups is 1. The zero-order chi connectivity index (χ0) is 17.5. The molecule has 0 aromatic heterocycles. The smallest absolute Gasteiger partial charge is 0.254 e. The number of rotatable bonds is 7. The molecule has 24 heavy (non-hydrogen) atoms. The molecule has 126 valence electrons. The normalized spacial score (nSPS) is 11.8. The van der Waals surface area contributed by atoms with Crippen molar-refractivity contribution in [3.63, 3.8) is 0 Å². The molecule has 1 amide bonds. The van der Waals surface area contributed by atoms with Gasteiger partial charge in [0.1, 0.15) is 11.1 Å². The van der Waals surface area contributed by atoms with Crippen LogP contribution in [0.3, 0.4) is 0 Å². The summed E-state index contributed by atoms with van der Waals surface area (Å²) in [5.74, 6) is 0.706. The van der Waals surface area contributed by atoms with Gasteiger partial charge in [0.25, 0.3) is 5.91 Å². The molecule has 0 spiro atoms. The van der Waals surface area contributed by atoms with Crippen molar-refractivity contribution in [2.75, 3.05) is 5.75 Å². The average molecular weight is 362 g/mol. The molecule has 2 aromatic carbocycles. The molecular weight excluding hydrogens is 342 g/mol. The molecule has 0 fully saturated rings. The Balaban J connectivity index is 2.10. The number of benzene rings is 2. The zero-order valence-electron chi connectivity index (χ0n) is 13.4. The van der Waals surface area contributed by atoms with E-state index in [-0.39, 0.29) is 17.0 Å². The summed E-state index contributed by atoms with van der Waals surface area (Å²) in [6, 6.07) is 16.8. The van der Waals surface area contributed by atoms with E-state index >= 15 is 0 Å². The van der Waals surface area contributed by atoms with Crippen LogP contribution in [-0.2, 0) is 11.3 Å². The first-order valence-corrected chi connectivity index (χ1v) is 8.98. The lowest BCUT2D eigenvalue weighted by atomic mass is 10.1. The maximum Gasteiger partial charge on any atom is 0.254 e. The van der Waals surface area contributed by atoms with E-state index in [4.69, 9.17) is 22.9 Å². The first-order chi connectivity index (χ1) is 11.5. The molecule has 0 heterocycles. The second-order valence-corrected chi connectivity index (χ2v) is 7.01. The zero-order valence-corrected chi connectivity index (χ0v) is 15.0. The number of hydrogen-bond acceptors (Lipinski definition) is 3. The van der Waals surface area contributed by atoms with Gasteiger partial charge in [-0.15, -0.1) is 11.8 Å². The number of hydrogen-bond donors (Lipinski definition) is 2. The van der Waals surface area contributed by atoms with E-state index in [1.807, 2.05) is 49.4 Å². The summed E-state index contributed by atoms with van der Waals surface area (Å²) >= 11 is 7.81. The highest BCUT2D eigenvalue weighted by Gasteiger charge is 2.25. The summed E-state index contributed by atoms with van der Waals surface area (Å²) in [4.78, 5) is 12.7. The molecule has 2 aromatic rings. The van der Waals surface area contributed by atoms with Gasteiger partial charge in [-0.3, -0.25) is 10.2 Å². The van der Waals surface area contributed by atoms with Crippen molar-refractivity contribution in [3.8, 4) is 0 Å². The van der Waals surface area contributed by atoms with Gasteiger partial charge in [-0.1, -0.05) is 61.5 Å². The van der Waals surface area contributed by atoms with Crippen molar-refractivity contribution in [3.05, 3.63) is 71.3 Å². The van der Waals surface area contributed by atoms with E-state index in [0.717, 1.165) is 16.9 Å². The molecule has 0 aliphatic heterocycles. The van der Waals surface area contributed by atoms with Gasteiger partial charge in [0.2, 0.25) is 0 Å². The number of nitrogens with two attached hydrogens (primary N) is 1. The van der Waals surface area contributed by atoms with Crippen LogP contribution in [0.25, 0.3) is 0 Å². The minimum absolute atomic E-state index is 0.0174. The Morgan fingerprint density at radius 2 is 1.83 bits per heavy atom. The highest BCUT2D eigenvalue weighted by Crippen LogP contribution is 2.31. The highest BCUT2D eigenvalue weighted by molar-refractivity contribution is 8.00. The quantitative estimate of drug-likeness (QED) is 0.445. The monoisotopic (exact) mass is 361 g/mol. The van der Waals surface area contributed by atoms with E-state index in [1.54, 1.807) is 23.9 Å². The van der Waals surface area contributed by atoms with Crippen molar-refractivity contribution in [2.24, 2.45) is 5.73 Å². The lowest BCUT2D eigenvalue weighted by molar-refractivity contribution is -0.126. The van der Waals surface area contributed by atoms with Crippen LogP contribution in [0.15, 0.2) is 54.6 Å². The lowest BCUT2D eigenvalue weighted by Crippen LogP contribution is -2.26. The number of nitrogen functional groups attached to an aromatic ring is 1. The number of carbonyl (C=O) groups excluding carboxylic acids is 1. The van der Waals surface area contributed by atoms with Crippen LogP contribution in [0, 0.1) is 5.41 Å². The Labute approximate surface area is 151 Å². The van der Waals surface area contributed by atoms with Crippen molar-refractivity contribution < 1.29 is 4.79 Å². The minimum atomic E-state index is -0.315. The second kappa shape index (κ2) is 8.76. The molecular formula is C18H20ClN3OS. The minimum Gasteiger partial charge on any atom is -0.384 e. The van der Waals surface area contributed by atoms with Crippen LogP contribution in [-0.4, -0.2) is 21.9 Å². The maximum absolute atomic E-state index is 12.7. The van der Waals surface area contributed by atoms with Crippen molar-refractivity contribution in [1.29, 1.82) is 5.41 Å². The molecule has 4 nitrogen and oxygen atoms in total. The topological polar surface area (TPSA) is 70.2 Å². The number of nitrogens with zero attached hydrogens (tertiary/aromatic N) is 1. The van der Waals surface area contributed by atoms with Gasteiger partial charge >= 0.3 is 0 Å². The number of nitrogens with one attached hydrogen (secondary N) is 1. The standard InChI is InChI=1S/C18H20ClN3OS/c1-2-24-16(14-6-4-3-5-7-14)18(23)22(19)12-13-8-10-15(11-9-13)17(20)21/h3-11,16H,2,12H2,1H3,(H3,20,21). The fraction of sp³-hybridized carbons (Fsp3) is 0.222. The number of carbonyl (C=O) groups is 1. The second-order valence-electron chi connectivity index (χ2n) is 5.22. The predicted molar refractivity (Wildman–Crippen MR) is 101 cm³/mol. The predicted octanol–water partition coefficient (Wildman–Crippen LogP) is 3.95. The summed E-state index contributed by atoms with van der Waals surface area (Å²) in [7, 11) is 0. The first kappa shape index (κ1) is 18.4. The Hall–Kier alpha value is -1.98. The summed E-state index contributed by atoms with van der Waals surface area (Å²) in [5, 5.41) is 7.08. The molecule has 0 aliphatic carbocycles. The van der Waals surface area contributed by atoms with Gasteiger partial charge in [0.05, 0.1) is 6.54 Å². The number of halogens is 1. The van der Waals surface area contributed by atoms with Crippen molar-refractivity contribution >= 4 is 35.3 Å². The van der Waals surface area contributed by atoms with Crippen molar-refractivity contribution in [2.45, 2.75) is 18.7 Å². The fourth-order valence-corrected chi connectivity index (χ4v) is 3.51. The molecule has 1 atom stereocenters. The Bertz CT molecular complexity index is 691. The Morgan fingerprint density at radius 1 is 1.21 bits per heavy atom. The third-order valence-corrected chi connectivity index (χ3v) is 4.91. The maximum atomic E-state index is 12.7. The van der Waals surface area contributed by atoms with Crippen molar-refractivity contribution in [1.82, 2.24) is 4.42 Å². The summed E-state index contributed by atoms with van der Waals surface area (Å²) in [6.07, 6.45) is 0. The van der Waals surface area contributed by atoms with E-state index in [2.05, 4.69) is 0 Å². The van der Waals surface area contributed by atoms with Crippen LogP contribution in [0.1, 0.15) is 28.9 Å².